The van der Waals surface area contributed by atoms with Crippen LogP contribution in [0.1, 0.15) is 0 Å². The number of thiol groups is 1. The summed E-state index contributed by atoms with van der Waals surface area (Å²) >= 11 is 19.6. The van der Waals surface area contributed by atoms with Crippen LogP contribution in [-0.4, -0.2) is 19.9 Å². The predicted molar refractivity (Wildman–Crippen MR) is 77.6 cm³/mol. The molecule has 6 nitrogen and oxygen atoms in total. The minimum atomic E-state index is 0.190. The maximum absolute atomic E-state index is 5.45. The highest BCUT2D eigenvalue weighted by Gasteiger charge is 2.00. The second kappa shape index (κ2) is 6.74. The van der Waals surface area contributed by atoms with E-state index in [1.165, 1.54) is 12.7 Å². The van der Waals surface area contributed by atoms with Gasteiger partial charge < -0.3 is 16.5 Å². The first kappa shape index (κ1) is 15.0. The molecule has 0 aromatic carbocycles. The average Bonchev–Trinajstić information content (AvgIpc) is 2.34. The lowest BCUT2D eigenvalue weighted by molar-refractivity contribution is 1.05. The van der Waals surface area contributed by atoms with Crippen LogP contribution >= 0.6 is 48.0 Å². The van der Waals surface area contributed by atoms with Gasteiger partial charge >= 0.3 is 0 Å². The lowest BCUT2D eigenvalue weighted by atomic mass is 10.6. The standard InChI is InChI=1S/C4H3Cl2N3.C4H5N3S2/c5-3-2(7)4(6)9-1-8-3;5-2-3(8)6-1-7-4(2)9/h1H,7H2;1H,5H2,(H2,6,7,8,9). The van der Waals surface area contributed by atoms with Gasteiger partial charge in [0.1, 0.15) is 21.7 Å². The Labute approximate surface area is 123 Å². The molecule has 5 N–H and O–H groups in total. The molecule has 2 aromatic rings. The van der Waals surface area contributed by atoms with Gasteiger partial charge in [-0.3, -0.25) is 0 Å². The summed E-state index contributed by atoms with van der Waals surface area (Å²) in [6.07, 6.45) is 2.71. The van der Waals surface area contributed by atoms with Crippen LogP contribution in [-0.2, 0) is 0 Å². The molecule has 0 radical (unpaired) electrons. The molecule has 0 aliphatic rings. The number of rotatable bonds is 0. The SMILES string of the molecule is Nc1c(Cl)ncnc1Cl.Nc1c(S)nc[nH]c1=S. The van der Waals surface area contributed by atoms with Crippen LogP contribution in [0.15, 0.2) is 17.7 Å². The summed E-state index contributed by atoms with van der Waals surface area (Å²) < 4.78 is 0.481. The smallest absolute Gasteiger partial charge is 0.156 e. The van der Waals surface area contributed by atoms with Crippen molar-refractivity contribution in [3.8, 4) is 0 Å². The summed E-state index contributed by atoms with van der Waals surface area (Å²) in [5, 5.41) is 0.851. The number of aromatic amines is 1. The van der Waals surface area contributed by atoms with Gasteiger partial charge in [-0.25, -0.2) is 15.0 Å². The van der Waals surface area contributed by atoms with Crippen molar-refractivity contribution in [1.82, 2.24) is 19.9 Å². The summed E-state index contributed by atoms with van der Waals surface area (Å²) in [6, 6.07) is 0. The van der Waals surface area contributed by atoms with Gasteiger partial charge in [-0.1, -0.05) is 35.4 Å². The summed E-state index contributed by atoms with van der Waals surface area (Å²) in [7, 11) is 0. The quantitative estimate of drug-likeness (QED) is 0.337. The van der Waals surface area contributed by atoms with Crippen LogP contribution in [0.3, 0.4) is 0 Å². The highest BCUT2D eigenvalue weighted by atomic mass is 35.5. The predicted octanol–water partition coefficient (Wildman–Crippen LogP) is 2.38. The minimum absolute atomic E-state index is 0.190. The maximum Gasteiger partial charge on any atom is 0.156 e. The van der Waals surface area contributed by atoms with Crippen molar-refractivity contribution in [3.05, 3.63) is 27.6 Å². The van der Waals surface area contributed by atoms with Crippen molar-refractivity contribution in [2.45, 2.75) is 5.03 Å². The van der Waals surface area contributed by atoms with Crippen molar-refractivity contribution in [1.29, 1.82) is 0 Å². The molecular weight excluding hydrogens is 315 g/mol. The molecule has 0 aliphatic carbocycles. The highest BCUT2D eigenvalue weighted by Crippen LogP contribution is 2.20. The van der Waals surface area contributed by atoms with Crippen LogP contribution in [0, 0.1) is 4.64 Å². The fourth-order valence-corrected chi connectivity index (χ4v) is 1.46. The fraction of sp³-hybridized carbons (Fsp3) is 0. The monoisotopic (exact) mass is 322 g/mol. The average molecular weight is 323 g/mol. The molecule has 10 heteroatoms. The maximum atomic E-state index is 5.45. The van der Waals surface area contributed by atoms with Crippen molar-refractivity contribution in [3.63, 3.8) is 0 Å². The van der Waals surface area contributed by atoms with Crippen LogP contribution < -0.4 is 11.5 Å². The molecule has 96 valence electrons. The number of nitrogens with one attached hydrogen (secondary N) is 1. The molecule has 2 aromatic heterocycles. The molecule has 2 heterocycles. The number of H-pyrrole nitrogens is 1. The van der Waals surface area contributed by atoms with E-state index in [4.69, 9.17) is 46.9 Å². The Balaban J connectivity index is 0.000000180. The third kappa shape index (κ3) is 3.98. The zero-order valence-corrected chi connectivity index (χ0v) is 12.0. The Hall–Kier alpha value is -1.09. The minimum Gasteiger partial charge on any atom is -0.394 e. The van der Waals surface area contributed by atoms with Gasteiger partial charge in [0.25, 0.3) is 0 Å². The van der Waals surface area contributed by atoms with E-state index in [-0.39, 0.29) is 16.0 Å². The first-order chi connectivity index (χ1) is 8.43. The Kier molecular flexibility index (Phi) is 5.60. The topological polar surface area (TPSA) is 106 Å². The number of hydrogen-bond donors (Lipinski definition) is 4. The molecule has 0 unspecified atom stereocenters. The van der Waals surface area contributed by atoms with Gasteiger partial charge in [0.05, 0.1) is 12.0 Å². The molecule has 0 spiro atoms. The number of nitrogen functional groups attached to an aromatic ring is 2. The van der Waals surface area contributed by atoms with E-state index in [1.807, 2.05) is 0 Å². The number of aromatic nitrogens is 4. The summed E-state index contributed by atoms with van der Waals surface area (Å²) in [5.74, 6) is 0. The second-order valence-electron chi connectivity index (χ2n) is 2.84. The number of hydrogen-bond acceptors (Lipinski definition) is 7. The first-order valence-electron chi connectivity index (χ1n) is 4.37. The molecule has 0 saturated heterocycles. The van der Waals surface area contributed by atoms with Gasteiger partial charge in [0.15, 0.2) is 10.3 Å². The van der Waals surface area contributed by atoms with Gasteiger partial charge in [-0.2, -0.15) is 0 Å². The van der Waals surface area contributed by atoms with Crippen molar-refractivity contribution >= 4 is 59.4 Å². The molecule has 0 bridgehead atoms. The van der Waals surface area contributed by atoms with E-state index in [0.717, 1.165) is 0 Å². The van der Waals surface area contributed by atoms with Gasteiger partial charge in [-0.15, -0.1) is 12.6 Å². The number of anilines is 2. The summed E-state index contributed by atoms with van der Waals surface area (Å²) in [4.78, 5) is 13.6. The molecule has 0 atom stereocenters. The van der Waals surface area contributed by atoms with Crippen molar-refractivity contribution in [2.24, 2.45) is 0 Å². The third-order valence-electron chi connectivity index (χ3n) is 1.65. The Morgan fingerprint density at radius 3 is 2.06 bits per heavy atom. The summed E-state index contributed by atoms with van der Waals surface area (Å²) in [6.45, 7) is 0. The van der Waals surface area contributed by atoms with E-state index in [2.05, 4.69) is 32.6 Å². The van der Waals surface area contributed by atoms with Crippen LogP contribution in [0.25, 0.3) is 0 Å². The van der Waals surface area contributed by atoms with Crippen LogP contribution in [0.4, 0.5) is 11.4 Å². The van der Waals surface area contributed by atoms with E-state index < -0.39 is 0 Å². The molecule has 0 aliphatic heterocycles. The molecule has 18 heavy (non-hydrogen) atoms. The Bertz CT molecular complexity index is 582. The van der Waals surface area contributed by atoms with E-state index in [1.54, 1.807) is 0 Å². The normalized spacial score (nSPS) is 9.50. The number of nitrogens with zero attached hydrogens (tertiary/aromatic N) is 3. The Morgan fingerprint density at radius 1 is 1.11 bits per heavy atom. The van der Waals surface area contributed by atoms with Crippen LogP contribution in [0.2, 0.25) is 10.3 Å². The molecular formula is C8H8Cl2N6S2. The van der Waals surface area contributed by atoms with Crippen molar-refractivity contribution < 1.29 is 0 Å². The highest BCUT2D eigenvalue weighted by molar-refractivity contribution is 7.80. The number of nitrogens with two attached hydrogens (primary N) is 2. The fourth-order valence-electron chi connectivity index (χ4n) is 0.755. The van der Waals surface area contributed by atoms with E-state index >= 15 is 0 Å². The molecule has 0 amide bonds. The zero-order valence-electron chi connectivity index (χ0n) is 8.76. The van der Waals surface area contributed by atoms with Gasteiger partial charge in [0.2, 0.25) is 0 Å². The van der Waals surface area contributed by atoms with Gasteiger partial charge in [-0.05, 0) is 0 Å². The third-order valence-corrected chi connectivity index (χ3v) is 2.95. The lowest BCUT2D eigenvalue weighted by Crippen LogP contribution is -1.92. The molecule has 0 saturated carbocycles. The van der Waals surface area contributed by atoms with Crippen molar-refractivity contribution in [2.75, 3.05) is 11.5 Å². The number of halogens is 2. The second-order valence-corrected chi connectivity index (χ2v) is 4.39. The molecule has 0 fully saturated rings. The van der Waals surface area contributed by atoms with E-state index in [0.29, 0.717) is 15.4 Å². The first-order valence-corrected chi connectivity index (χ1v) is 5.98. The van der Waals surface area contributed by atoms with E-state index in [9.17, 15) is 0 Å². The molecule has 2 rings (SSSR count). The largest absolute Gasteiger partial charge is 0.394 e. The summed E-state index contributed by atoms with van der Waals surface area (Å²) in [5.41, 5.74) is 11.4. The lowest BCUT2D eigenvalue weighted by Gasteiger charge is -1.94. The zero-order chi connectivity index (χ0) is 13.7. The Morgan fingerprint density at radius 2 is 1.67 bits per heavy atom. The van der Waals surface area contributed by atoms with Crippen LogP contribution in [0.5, 0.6) is 0 Å². The van der Waals surface area contributed by atoms with Gasteiger partial charge in [0, 0.05) is 0 Å².